The van der Waals surface area contributed by atoms with E-state index in [1.54, 1.807) is 12.0 Å². The first-order chi connectivity index (χ1) is 13.0. The average Bonchev–Trinajstić information content (AvgIpc) is 3.32. The van der Waals surface area contributed by atoms with Gasteiger partial charge in [0.2, 0.25) is 5.91 Å². The maximum absolute atomic E-state index is 12.8. The van der Waals surface area contributed by atoms with E-state index in [1.807, 2.05) is 24.3 Å². The summed E-state index contributed by atoms with van der Waals surface area (Å²) in [4.78, 5) is 40.7. The molecule has 0 bridgehead atoms. The van der Waals surface area contributed by atoms with E-state index >= 15 is 0 Å². The van der Waals surface area contributed by atoms with Crippen molar-refractivity contribution in [3.63, 3.8) is 0 Å². The van der Waals surface area contributed by atoms with Crippen LogP contribution in [0.2, 0.25) is 0 Å². The molecule has 3 aliphatic rings. The van der Waals surface area contributed by atoms with E-state index < -0.39 is 5.54 Å². The number of nitrogens with zero attached hydrogens (tertiary/aromatic N) is 2. The van der Waals surface area contributed by atoms with Gasteiger partial charge in [0.15, 0.2) is 0 Å². The van der Waals surface area contributed by atoms with Crippen molar-refractivity contribution in [2.24, 2.45) is 5.92 Å². The summed E-state index contributed by atoms with van der Waals surface area (Å²) >= 11 is 0. The Labute approximate surface area is 158 Å². The minimum Gasteiger partial charge on any atom is -0.497 e. The van der Waals surface area contributed by atoms with Crippen LogP contribution in [-0.2, 0) is 16.1 Å². The summed E-state index contributed by atoms with van der Waals surface area (Å²) in [5, 5.41) is 2.90. The molecule has 1 spiro atoms. The highest BCUT2D eigenvalue weighted by Crippen LogP contribution is 2.36. The molecule has 0 aromatic heterocycles. The first-order valence-electron chi connectivity index (χ1n) is 9.55. The number of likely N-dealkylation sites (tertiary alicyclic amines) is 1. The van der Waals surface area contributed by atoms with Gasteiger partial charge < -0.3 is 15.0 Å². The number of imide groups is 1. The van der Waals surface area contributed by atoms with E-state index in [0.717, 1.165) is 37.0 Å². The predicted molar refractivity (Wildman–Crippen MR) is 98.0 cm³/mol. The van der Waals surface area contributed by atoms with Crippen LogP contribution in [0.3, 0.4) is 0 Å². The van der Waals surface area contributed by atoms with E-state index in [2.05, 4.69) is 5.32 Å². The Hall–Kier alpha value is -2.57. The molecule has 1 aromatic carbocycles. The van der Waals surface area contributed by atoms with Gasteiger partial charge in [0.05, 0.1) is 7.11 Å². The molecule has 7 heteroatoms. The molecule has 1 N–H and O–H groups in total. The van der Waals surface area contributed by atoms with E-state index in [-0.39, 0.29) is 23.8 Å². The van der Waals surface area contributed by atoms with Gasteiger partial charge in [-0.25, -0.2) is 4.79 Å². The first-order valence-corrected chi connectivity index (χ1v) is 9.55. The molecule has 2 heterocycles. The largest absolute Gasteiger partial charge is 0.497 e. The number of ether oxygens (including phenoxy) is 1. The summed E-state index contributed by atoms with van der Waals surface area (Å²) in [6, 6.07) is 7.35. The average molecular weight is 371 g/mol. The number of nitrogens with one attached hydrogen (secondary N) is 1. The Morgan fingerprint density at radius 1 is 1.22 bits per heavy atom. The van der Waals surface area contributed by atoms with Gasteiger partial charge in [-0.15, -0.1) is 0 Å². The zero-order valence-corrected chi connectivity index (χ0v) is 15.6. The fraction of sp³-hybridized carbons (Fsp3) is 0.550. The molecule has 1 unspecified atom stereocenters. The molecule has 0 radical (unpaired) electrons. The lowest BCUT2D eigenvalue weighted by molar-refractivity contribution is -0.132. The monoisotopic (exact) mass is 371 g/mol. The van der Waals surface area contributed by atoms with Gasteiger partial charge in [-0.05, 0) is 30.5 Å². The molecular weight excluding hydrogens is 346 g/mol. The molecule has 144 valence electrons. The zero-order valence-electron chi connectivity index (χ0n) is 15.6. The van der Waals surface area contributed by atoms with Crippen molar-refractivity contribution in [1.82, 2.24) is 15.1 Å². The van der Waals surface area contributed by atoms with Gasteiger partial charge in [0.1, 0.15) is 11.3 Å². The van der Waals surface area contributed by atoms with Gasteiger partial charge >= 0.3 is 6.03 Å². The van der Waals surface area contributed by atoms with Gasteiger partial charge in [0, 0.05) is 32.0 Å². The number of rotatable bonds is 5. The summed E-state index contributed by atoms with van der Waals surface area (Å²) in [7, 11) is 1.62. The van der Waals surface area contributed by atoms with Crippen LogP contribution in [0.5, 0.6) is 5.75 Å². The third-order valence-electron chi connectivity index (χ3n) is 5.95. The fourth-order valence-corrected chi connectivity index (χ4v) is 4.54. The molecule has 1 aromatic rings. The van der Waals surface area contributed by atoms with Gasteiger partial charge in [-0.2, -0.15) is 0 Å². The Morgan fingerprint density at radius 3 is 2.74 bits per heavy atom. The zero-order chi connectivity index (χ0) is 19.0. The third-order valence-corrected chi connectivity index (χ3v) is 5.95. The predicted octanol–water partition coefficient (Wildman–Crippen LogP) is 1.91. The maximum Gasteiger partial charge on any atom is 0.325 e. The lowest BCUT2D eigenvalue weighted by Gasteiger charge is -2.22. The normalized spacial score (nSPS) is 24.2. The van der Waals surface area contributed by atoms with Crippen LogP contribution in [-0.4, -0.2) is 53.4 Å². The molecule has 7 nitrogen and oxygen atoms in total. The van der Waals surface area contributed by atoms with Crippen molar-refractivity contribution in [3.05, 3.63) is 29.8 Å². The van der Waals surface area contributed by atoms with Gasteiger partial charge in [0.25, 0.3) is 5.91 Å². The number of urea groups is 1. The number of carbonyl (C=O) groups is 3. The summed E-state index contributed by atoms with van der Waals surface area (Å²) in [6.45, 7) is 1.38. The SMILES string of the molecule is COc1cccc(CN2CC(CN3C(=O)NC4(CCCC4)C3=O)CC2=O)c1. The number of hydrogen-bond acceptors (Lipinski definition) is 4. The lowest BCUT2D eigenvalue weighted by Crippen LogP contribution is -2.44. The number of benzene rings is 1. The van der Waals surface area contributed by atoms with Crippen LogP contribution < -0.4 is 10.1 Å². The Balaban J connectivity index is 1.39. The van der Waals surface area contributed by atoms with Crippen LogP contribution in [0.25, 0.3) is 0 Å². The van der Waals surface area contributed by atoms with Crippen LogP contribution in [0.15, 0.2) is 24.3 Å². The van der Waals surface area contributed by atoms with Crippen LogP contribution in [0.1, 0.15) is 37.7 Å². The molecule has 3 fully saturated rings. The molecule has 4 rings (SSSR count). The first kappa shape index (κ1) is 17.8. The summed E-state index contributed by atoms with van der Waals surface area (Å²) in [5.74, 6) is 0.695. The highest BCUT2D eigenvalue weighted by atomic mass is 16.5. The second-order valence-electron chi connectivity index (χ2n) is 7.83. The van der Waals surface area contributed by atoms with Crippen LogP contribution >= 0.6 is 0 Å². The molecule has 4 amide bonds. The summed E-state index contributed by atoms with van der Waals surface area (Å²) in [6.07, 6.45) is 3.75. The Kier molecular flexibility index (Phi) is 4.53. The topological polar surface area (TPSA) is 79.0 Å². The molecule has 2 saturated heterocycles. The molecule has 1 aliphatic carbocycles. The van der Waals surface area contributed by atoms with Crippen molar-refractivity contribution >= 4 is 17.8 Å². The molecule has 2 aliphatic heterocycles. The number of methoxy groups -OCH3 is 1. The van der Waals surface area contributed by atoms with Crippen molar-refractivity contribution in [3.8, 4) is 5.75 Å². The van der Waals surface area contributed by atoms with Crippen LogP contribution in [0.4, 0.5) is 4.79 Å². The highest BCUT2D eigenvalue weighted by Gasteiger charge is 2.53. The lowest BCUT2D eigenvalue weighted by atomic mass is 9.97. The van der Waals surface area contributed by atoms with E-state index in [0.29, 0.717) is 26.1 Å². The van der Waals surface area contributed by atoms with Gasteiger partial charge in [-0.1, -0.05) is 25.0 Å². The van der Waals surface area contributed by atoms with Crippen molar-refractivity contribution in [1.29, 1.82) is 0 Å². The quantitative estimate of drug-likeness (QED) is 0.802. The molecule has 1 saturated carbocycles. The van der Waals surface area contributed by atoms with Crippen molar-refractivity contribution in [2.45, 2.75) is 44.2 Å². The second-order valence-corrected chi connectivity index (χ2v) is 7.83. The van der Waals surface area contributed by atoms with E-state index in [4.69, 9.17) is 4.74 Å². The van der Waals surface area contributed by atoms with Gasteiger partial charge in [-0.3, -0.25) is 14.5 Å². The number of amides is 4. The maximum atomic E-state index is 12.8. The fourth-order valence-electron chi connectivity index (χ4n) is 4.54. The van der Waals surface area contributed by atoms with E-state index in [1.165, 1.54) is 4.90 Å². The standard InChI is InChI=1S/C20H25N3O4/c1-27-16-6-4-5-14(9-16)11-22-12-15(10-17(22)24)13-23-18(25)20(21-19(23)26)7-2-3-8-20/h4-6,9,15H,2-3,7-8,10-13H2,1H3,(H,21,26). The molecule has 27 heavy (non-hydrogen) atoms. The molecular formula is C20H25N3O4. The minimum atomic E-state index is -0.681. The Bertz CT molecular complexity index is 772. The second kappa shape index (κ2) is 6.87. The summed E-state index contributed by atoms with van der Waals surface area (Å²) in [5.41, 5.74) is 0.322. The molecule has 1 atom stereocenters. The van der Waals surface area contributed by atoms with Crippen LogP contribution in [0, 0.1) is 5.92 Å². The minimum absolute atomic E-state index is 0.0191. The highest BCUT2D eigenvalue weighted by molar-refractivity contribution is 6.07. The third kappa shape index (κ3) is 3.26. The smallest absolute Gasteiger partial charge is 0.325 e. The van der Waals surface area contributed by atoms with E-state index in [9.17, 15) is 14.4 Å². The number of carbonyl (C=O) groups excluding carboxylic acids is 3. The van der Waals surface area contributed by atoms with Crippen molar-refractivity contribution in [2.75, 3.05) is 20.2 Å². The van der Waals surface area contributed by atoms with Crippen molar-refractivity contribution < 1.29 is 19.1 Å². The summed E-state index contributed by atoms with van der Waals surface area (Å²) < 4.78 is 5.23. The Morgan fingerprint density at radius 2 is 2.00 bits per heavy atom. The number of hydrogen-bond donors (Lipinski definition) is 1.